The van der Waals surface area contributed by atoms with Gasteiger partial charge in [0.05, 0.1) is 19.3 Å². The third-order valence-electron chi connectivity index (χ3n) is 5.54. The van der Waals surface area contributed by atoms with Gasteiger partial charge in [0.1, 0.15) is 5.41 Å². The second kappa shape index (κ2) is 8.89. The van der Waals surface area contributed by atoms with Crippen molar-refractivity contribution in [3.63, 3.8) is 0 Å². The predicted molar refractivity (Wildman–Crippen MR) is 88.2 cm³/mol. The van der Waals surface area contributed by atoms with Gasteiger partial charge in [-0.05, 0) is 38.0 Å². The van der Waals surface area contributed by atoms with Crippen molar-refractivity contribution in [1.29, 1.82) is 5.26 Å². The second-order valence-corrected chi connectivity index (χ2v) is 7.41. The largest absolute Gasteiger partial charge is 0.351 e. The van der Waals surface area contributed by atoms with Crippen LogP contribution in [0.5, 0.6) is 0 Å². The molecule has 2 aliphatic rings. The van der Waals surface area contributed by atoms with E-state index in [4.69, 9.17) is 9.47 Å². The molecular weight excluding hydrogens is 274 g/mol. The average Bonchev–Trinajstić information content (AvgIpc) is 2.59. The van der Waals surface area contributed by atoms with Crippen LogP contribution in [0.15, 0.2) is 0 Å². The zero-order valence-corrected chi connectivity index (χ0v) is 14.5. The van der Waals surface area contributed by atoms with Gasteiger partial charge in [-0.15, -0.1) is 0 Å². The van der Waals surface area contributed by atoms with Gasteiger partial charge in [0, 0.05) is 5.92 Å². The maximum Gasteiger partial charge on any atom is 0.160 e. The number of rotatable bonds is 7. The van der Waals surface area contributed by atoms with E-state index in [1.165, 1.54) is 44.9 Å². The molecule has 1 heterocycles. The molecule has 1 aliphatic heterocycles. The summed E-state index contributed by atoms with van der Waals surface area (Å²) in [6.07, 6.45) is 12.2. The summed E-state index contributed by atoms with van der Waals surface area (Å²) >= 11 is 0. The van der Waals surface area contributed by atoms with E-state index < -0.39 is 5.41 Å². The average molecular weight is 307 g/mol. The Morgan fingerprint density at radius 3 is 2.18 bits per heavy atom. The topological polar surface area (TPSA) is 42.2 Å². The van der Waals surface area contributed by atoms with Crippen LogP contribution in [0.2, 0.25) is 0 Å². The van der Waals surface area contributed by atoms with Gasteiger partial charge in [0.2, 0.25) is 0 Å². The van der Waals surface area contributed by atoms with Gasteiger partial charge in [-0.3, -0.25) is 0 Å². The molecule has 0 aromatic heterocycles. The van der Waals surface area contributed by atoms with E-state index in [0.29, 0.717) is 19.1 Å². The van der Waals surface area contributed by atoms with Gasteiger partial charge < -0.3 is 9.47 Å². The molecular formula is C19H33NO2. The first kappa shape index (κ1) is 17.8. The highest BCUT2D eigenvalue weighted by Gasteiger charge is 2.40. The van der Waals surface area contributed by atoms with E-state index in [0.717, 1.165) is 25.2 Å². The summed E-state index contributed by atoms with van der Waals surface area (Å²) in [6, 6.07) is 2.46. The molecule has 2 rings (SSSR count). The Morgan fingerprint density at radius 2 is 1.64 bits per heavy atom. The van der Waals surface area contributed by atoms with E-state index >= 15 is 0 Å². The Hall–Kier alpha value is -0.590. The van der Waals surface area contributed by atoms with Crippen molar-refractivity contribution in [3.05, 3.63) is 0 Å². The maximum absolute atomic E-state index is 9.47. The lowest BCUT2D eigenvalue weighted by molar-refractivity contribution is -0.244. The van der Waals surface area contributed by atoms with Crippen LogP contribution in [-0.4, -0.2) is 19.5 Å². The number of nitriles is 1. The minimum Gasteiger partial charge on any atom is -0.351 e. The van der Waals surface area contributed by atoms with Crippen LogP contribution in [0, 0.1) is 28.6 Å². The number of hydrogen-bond donors (Lipinski definition) is 0. The molecule has 3 heteroatoms. The molecule has 0 N–H and O–H groups in total. The molecule has 1 saturated carbocycles. The van der Waals surface area contributed by atoms with Gasteiger partial charge in [-0.1, -0.05) is 46.0 Å². The molecule has 2 fully saturated rings. The third kappa shape index (κ3) is 4.70. The minimum atomic E-state index is -0.398. The van der Waals surface area contributed by atoms with Gasteiger partial charge in [-0.2, -0.15) is 5.26 Å². The molecule has 0 bridgehead atoms. The Morgan fingerprint density at radius 1 is 1.00 bits per heavy atom. The van der Waals surface area contributed by atoms with Crippen LogP contribution in [0.3, 0.4) is 0 Å². The number of nitrogens with zero attached hydrogens (tertiary/aromatic N) is 1. The van der Waals surface area contributed by atoms with E-state index in [1.54, 1.807) is 0 Å². The lowest BCUT2D eigenvalue weighted by atomic mass is 9.79. The minimum absolute atomic E-state index is 0.0600. The van der Waals surface area contributed by atoms with E-state index in [1.807, 2.05) is 0 Å². The predicted octanol–water partition coefficient (Wildman–Crippen LogP) is 5.06. The van der Waals surface area contributed by atoms with Crippen LogP contribution in [-0.2, 0) is 9.47 Å². The van der Waals surface area contributed by atoms with E-state index in [2.05, 4.69) is 19.9 Å². The highest BCUT2D eigenvalue weighted by atomic mass is 16.7. The first-order chi connectivity index (χ1) is 10.7. The van der Waals surface area contributed by atoms with Gasteiger partial charge >= 0.3 is 0 Å². The Balaban J connectivity index is 1.74. The molecule has 0 amide bonds. The van der Waals surface area contributed by atoms with Gasteiger partial charge in [0.25, 0.3) is 0 Å². The van der Waals surface area contributed by atoms with E-state index in [9.17, 15) is 5.26 Å². The molecule has 0 unspecified atom stereocenters. The van der Waals surface area contributed by atoms with Crippen molar-refractivity contribution >= 4 is 0 Å². The normalized spacial score (nSPS) is 36.0. The summed E-state index contributed by atoms with van der Waals surface area (Å²) in [5.74, 6) is 1.46. The van der Waals surface area contributed by atoms with Crippen molar-refractivity contribution in [3.8, 4) is 6.07 Å². The van der Waals surface area contributed by atoms with Crippen LogP contribution < -0.4 is 0 Å². The molecule has 0 spiro atoms. The molecule has 126 valence electrons. The molecule has 0 radical (unpaired) electrons. The van der Waals surface area contributed by atoms with E-state index in [-0.39, 0.29) is 6.29 Å². The Labute approximate surface area is 136 Å². The van der Waals surface area contributed by atoms with Crippen LogP contribution in [0.4, 0.5) is 0 Å². The smallest absolute Gasteiger partial charge is 0.160 e. The standard InChI is InChI=1S/C19H33NO2/c1-3-5-7-16-8-10-17(11-9-16)18-21-14-19(13-20,15-22-18)12-6-4-2/h16-18H,3-12,14-15H2,1-2H3. The Kier molecular flexibility index (Phi) is 7.18. The summed E-state index contributed by atoms with van der Waals surface area (Å²) in [5.41, 5.74) is -0.398. The van der Waals surface area contributed by atoms with Crippen molar-refractivity contribution in [2.24, 2.45) is 17.3 Å². The maximum atomic E-state index is 9.47. The third-order valence-corrected chi connectivity index (χ3v) is 5.54. The zero-order chi connectivity index (χ0) is 15.8. The molecule has 22 heavy (non-hydrogen) atoms. The van der Waals surface area contributed by atoms with Crippen LogP contribution in [0.25, 0.3) is 0 Å². The molecule has 1 saturated heterocycles. The summed E-state index contributed by atoms with van der Waals surface area (Å²) in [6.45, 7) is 5.55. The zero-order valence-electron chi connectivity index (χ0n) is 14.5. The monoisotopic (exact) mass is 307 g/mol. The fourth-order valence-corrected chi connectivity index (χ4v) is 3.87. The quantitative estimate of drug-likeness (QED) is 0.660. The molecule has 1 aliphatic carbocycles. The van der Waals surface area contributed by atoms with Gasteiger partial charge in [0.15, 0.2) is 6.29 Å². The highest BCUT2D eigenvalue weighted by molar-refractivity contribution is 5.00. The molecule has 0 aromatic rings. The van der Waals surface area contributed by atoms with Crippen molar-refractivity contribution in [1.82, 2.24) is 0 Å². The molecule has 0 atom stereocenters. The van der Waals surface area contributed by atoms with Crippen molar-refractivity contribution < 1.29 is 9.47 Å². The van der Waals surface area contributed by atoms with Crippen LogP contribution in [0.1, 0.15) is 78.1 Å². The van der Waals surface area contributed by atoms with Crippen LogP contribution >= 0.6 is 0 Å². The van der Waals surface area contributed by atoms with Gasteiger partial charge in [-0.25, -0.2) is 0 Å². The Bertz CT molecular complexity index is 347. The van der Waals surface area contributed by atoms with Crippen molar-refractivity contribution in [2.45, 2.75) is 84.3 Å². The fourth-order valence-electron chi connectivity index (χ4n) is 3.87. The summed E-state index contributed by atoms with van der Waals surface area (Å²) in [5, 5.41) is 9.47. The summed E-state index contributed by atoms with van der Waals surface area (Å²) < 4.78 is 12.0. The number of unbranched alkanes of at least 4 members (excludes halogenated alkanes) is 2. The SMILES string of the molecule is CCCCC1CCC(C2OCC(C#N)(CCCC)CO2)CC1. The molecule has 3 nitrogen and oxygen atoms in total. The lowest BCUT2D eigenvalue weighted by Gasteiger charge is -2.40. The first-order valence-corrected chi connectivity index (χ1v) is 9.37. The highest BCUT2D eigenvalue weighted by Crippen LogP contribution is 2.38. The second-order valence-electron chi connectivity index (χ2n) is 7.41. The molecule has 0 aromatic carbocycles. The van der Waals surface area contributed by atoms with Crippen molar-refractivity contribution in [2.75, 3.05) is 13.2 Å². The lowest BCUT2D eigenvalue weighted by Crippen LogP contribution is -2.44. The summed E-state index contributed by atoms with van der Waals surface area (Å²) in [4.78, 5) is 0. The fraction of sp³-hybridized carbons (Fsp3) is 0.947. The number of ether oxygens (including phenoxy) is 2. The summed E-state index contributed by atoms with van der Waals surface area (Å²) in [7, 11) is 0. The first-order valence-electron chi connectivity index (χ1n) is 9.37. The number of hydrogen-bond acceptors (Lipinski definition) is 3.